The summed E-state index contributed by atoms with van der Waals surface area (Å²) in [6.45, 7) is 17.2. The highest BCUT2D eigenvalue weighted by Crippen LogP contribution is 2.30. The first kappa shape index (κ1) is 85.0. The zero-order chi connectivity index (χ0) is 74.5. The number of halogens is 2. The van der Waals surface area contributed by atoms with Crippen LogP contribution >= 0.6 is 31.9 Å². The number of ether oxygens (including phenoxy) is 4. The molecule has 1 aromatic heterocycles. The fourth-order valence-electron chi connectivity index (χ4n) is 12.1. The van der Waals surface area contributed by atoms with Crippen molar-refractivity contribution in [1.29, 1.82) is 0 Å². The second-order valence-electron chi connectivity index (χ2n) is 26.1. The molecule has 0 spiro atoms. The fourth-order valence-corrected chi connectivity index (χ4v) is 13.0. The Bertz CT molecular complexity index is 3280. The number of aromatic nitrogens is 2. The summed E-state index contributed by atoms with van der Waals surface area (Å²) < 4.78 is 23.1. The molecule has 1 aliphatic rings. The van der Waals surface area contributed by atoms with E-state index < -0.39 is 108 Å². The largest absolute Gasteiger partial charge is 0.379 e. The molecule has 0 bridgehead atoms. The number of anilines is 1. The number of azide groups is 1. The zero-order valence-electron chi connectivity index (χ0n) is 60.1. The molecular formula is C68H104Br2N16O14. The molecule has 30 nitrogen and oxygen atoms in total. The molecule has 10 amide bonds. The van der Waals surface area contributed by atoms with Crippen LogP contribution in [0.15, 0.2) is 47.6 Å². The van der Waals surface area contributed by atoms with Crippen molar-refractivity contribution in [2.45, 2.75) is 178 Å². The molecule has 0 unspecified atom stereocenters. The first-order valence-electron chi connectivity index (χ1n) is 33.8. The third kappa shape index (κ3) is 25.9. The summed E-state index contributed by atoms with van der Waals surface area (Å²) in [7, 11) is 8.34. The van der Waals surface area contributed by atoms with Crippen molar-refractivity contribution in [3.05, 3.63) is 75.4 Å². The number of carbonyl (C=O) groups excluding carboxylic acids is 10. The van der Waals surface area contributed by atoms with Gasteiger partial charge in [-0.1, -0.05) is 104 Å². The Morgan fingerprint density at radius 2 is 1.37 bits per heavy atom. The Balaban J connectivity index is 1.26. The molecule has 0 saturated carbocycles. The van der Waals surface area contributed by atoms with E-state index >= 15 is 0 Å². The van der Waals surface area contributed by atoms with Crippen LogP contribution in [0.2, 0.25) is 0 Å². The van der Waals surface area contributed by atoms with Crippen molar-refractivity contribution in [2.75, 3.05) is 86.7 Å². The average molecular weight is 1530 g/mol. The summed E-state index contributed by atoms with van der Waals surface area (Å²) >= 11 is 6.85. The van der Waals surface area contributed by atoms with Crippen LogP contribution in [0.3, 0.4) is 0 Å². The zero-order valence-corrected chi connectivity index (χ0v) is 63.2. The van der Waals surface area contributed by atoms with Crippen molar-refractivity contribution < 1.29 is 66.9 Å². The minimum Gasteiger partial charge on any atom is -0.379 e. The smallest absolute Gasteiger partial charge is 0.251 e. The predicted molar refractivity (Wildman–Crippen MR) is 384 cm³/mol. The number of likely N-dealkylation sites (tertiary alicyclic amines) is 1. The van der Waals surface area contributed by atoms with Crippen LogP contribution < -0.4 is 43.0 Å². The third-order valence-corrected chi connectivity index (χ3v) is 18.7. The number of methoxy groups -OCH3 is 2. The van der Waals surface area contributed by atoms with Gasteiger partial charge in [-0.25, -0.2) is 9.97 Å². The van der Waals surface area contributed by atoms with Crippen molar-refractivity contribution in [1.82, 2.24) is 56.6 Å². The highest BCUT2D eigenvalue weighted by Gasteiger charge is 2.44. The number of alkyl halides is 2. The molecule has 554 valence electrons. The maximum absolute atomic E-state index is 14.5. The Morgan fingerprint density at radius 1 is 0.740 bits per heavy atom. The quantitative estimate of drug-likeness (QED) is 0.0126. The SMILES string of the molecule is CC[C@H](C)[C@@H]([C@@H](CC(=O)N1CCC[C@H]1[C@H](OC)[C@@H](C)C(=O)N[C@H](CN=[N+]=[N-])Cc1ccc(NC(=O)[C@H](CC(N)=O)NC(=O)[C@H](C)NC(=O)[C@H](C)NC(=O)CCOCCOCCNC(=O)c2ccc3nc(CBr)c(CBr)nc3c2)cc1)OC)N(C)C(=O)[C@@H](NC(=O)[C@H](C(C)C)N(C)C)C(C)C. The van der Waals surface area contributed by atoms with Crippen LogP contribution in [-0.2, 0) is 79.2 Å². The lowest BCUT2D eigenvalue weighted by Crippen LogP contribution is -2.59. The molecular weight excluding hydrogens is 1420 g/mol. The molecule has 4 rings (SSSR count). The number of hydrogen-bond acceptors (Lipinski definition) is 18. The van der Waals surface area contributed by atoms with E-state index in [-0.39, 0.29) is 106 Å². The predicted octanol–water partition coefficient (Wildman–Crippen LogP) is 4.57. The first-order valence-corrected chi connectivity index (χ1v) is 36.0. The summed E-state index contributed by atoms with van der Waals surface area (Å²) in [5.74, 6) is -6.42. The Kier molecular flexibility index (Phi) is 36.3. The standard InChI is InChI=1S/C68H104Br2N16O14/c1-15-40(6)60(85(12)68(96)58(38(2)3)82-67(95)59(39(4)5)84(10)11)54(97-13)34-57(89)86-26-16-17-53(86)61(98-14)41(7)62(90)78-47(37-74-83-72)31-44-18-21-46(22-19-44)77-66(94)50(33-55(71)87)81-64(92)43(9)76-63(91)42(8)75-56(88)24-27-99-29-30-100-28-25-73-65(93)45-20-23-48-49(32-45)80-52(36-70)51(35-69)79-48/h18-23,32,38-43,47,50,53-54,58-61H,15-17,24-31,33-37H2,1-14H3,(H2,71,87)(H,73,93)(H,75,88)(H,76,91)(H,77,94)(H,78,90)(H,81,92)(H,82,95)/t40-,41+,42-,43-,47-,50-,53-,54+,58-,59-,60-,61+/m0/s1. The van der Waals surface area contributed by atoms with Crippen molar-refractivity contribution in [3.63, 3.8) is 0 Å². The van der Waals surface area contributed by atoms with Gasteiger partial charge in [0.25, 0.3) is 5.91 Å². The van der Waals surface area contributed by atoms with Gasteiger partial charge in [-0.15, -0.1) is 0 Å². The second-order valence-corrected chi connectivity index (χ2v) is 27.2. The van der Waals surface area contributed by atoms with E-state index in [1.807, 2.05) is 60.5 Å². The summed E-state index contributed by atoms with van der Waals surface area (Å²) in [5.41, 5.74) is 19.0. The van der Waals surface area contributed by atoms with Crippen LogP contribution in [0, 0.1) is 23.7 Å². The maximum Gasteiger partial charge on any atom is 0.251 e. The summed E-state index contributed by atoms with van der Waals surface area (Å²) in [6, 6.07) is 4.72. The van der Waals surface area contributed by atoms with Gasteiger partial charge in [-0.2, -0.15) is 0 Å². The van der Waals surface area contributed by atoms with E-state index in [1.165, 1.54) is 28.1 Å². The Labute approximate surface area is 603 Å². The van der Waals surface area contributed by atoms with Crippen LogP contribution in [0.25, 0.3) is 21.5 Å². The molecule has 2 aromatic carbocycles. The van der Waals surface area contributed by atoms with Crippen molar-refractivity contribution >= 4 is 108 Å². The van der Waals surface area contributed by atoms with E-state index in [2.05, 4.69) is 89.1 Å². The molecule has 3 aromatic rings. The van der Waals surface area contributed by atoms with E-state index in [4.69, 9.17) is 24.7 Å². The molecule has 12 atom stereocenters. The Hall–Kier alpha value is -7.45. The molecule has 9 N–H and O–H groups in total. The highest BCUT2D eigenvalue weighted by atomic mass is 79.9. The second kappa shape index (κ2) is 42.7. The number of primary amides is 1. The molecule has 0 aliphatic carbocycles. The van der Waals surface area contributed by atoms with Gasteiger partial charge in [0.15, 0.2) is 0 Å². The summed E-state index contributed by atoms with van der Waals surface area (Å²) in [4.78, 5) is 152. The van der Waals surface area contributed by atoms with Crippen molar-refractivity contribution in [2.24, 2.45) is 34.5 Å². The lowest BCUT2D eigenvalue weighted by atomic mass is 9.89. The van der Waals surface area contributed by atoms with Gasteiger partial charge < -0.3 is 71.7 Å². The molecule has 2 heterocycles. The average Bonchev–Trinajstić information content (AvgIpc) is 1.32. The molecule has 100 heavy (non-hydrogen) atoms. The lowest BCUT2D eigenvalue weighted by Gasteiger charge is -2.41. The monoisotopic (exact) mass is 1530 g/mol. The topological polar surface area (TPSA) is 402 Å². The van der Waals surface area contributed by atoms with Gasteiger partial charge in [-0.05, 0) is 106 Å². The fraction of sp³-hybridized carbons (Fsp3) is 0.647. The van der Waals surface area contributed by atoms with Crippen LogP contribution in [-0.4, -0.2) is 226 Å². The highest BCUT2D eigenvalue weighted by molar-refractivity contribution is 9.09. The van der Waals surface area contributed by atoms with E-state index in [1.54, 1.807) is 66.2 Å². The van der Waals surface area contributed by atoms with E-state index in [0.717, 1.165) is 11.4 Å². The number of amides is 10. The maximum atomic E-state index is 14.5. The number of nitrogens with one attached hydrogen (secondary N) is 7. The minimum absolute atomic E-state index is 0.0116. The Morgan fingerprint density at radius 3 is 1.95 bits per heavy atom. The lowest BCUT2D eigenvalue weighted by molar-refractivity contribution is -0.148. The van der Waals surface area contributed by atoms with Crippen molar-refractivity contribution in [3.8, 4) is 0 Å². The third-order valence-electron chi connectivity index (χ3n) is 17.6. The minimum atomic E-state index is -1.47. The molecule has 1 fully saturated rings. The molecule has 1 saturated heterocycles. The van der Waals surface area contributed by atoms with Crippen LogP contribution in [0.5, 0.6) is 0 Å². The normalized spacial score (nSPS) is 16.3. The van der Waals surface area contributed by atoms with Gasteiger partial charge in [0.2, 0.25) is 53.2 Å². The number of fused-ring (bicyclic) bond motifs is 1. The molecule has 0 radical (unpaired) electrons. The van der Waals surface area contributed by atoms with Gasteiger partial charge in [-0.3, -0.25) is 52.8 Å². The van der Waals surface area contributed by atoms with Crippen LogP contribution in [0.4, 0.5) is 5.69 Å². The summed E-state index contributed by atoms with van der Waals surface area (Å²) in [6.07, 6.45) is -0.214. The van der Waals surface area contributed by atoms with E-state index in [0.29, 0.717) is 58.6 Å². The number of nitrogens with zero attached hydrogens (tertiary/aromatic N) is 8. The van der Waals surface area contributed by atoms with Gasteiger partial charge in [0, 0.05) is 80.2 Å². The van der Waals surface area contributed by atoms with Gasteiger partial charge in [0.05, 0.1) is 97.9 Å². The number of benzene rings is 2. The molecule has 1 aliphatic heterocycles. The van der Waals surface area contributed by atoms with Gasteiger partial charge in [0.1, 0.15) is 24.2 Å². The van der Waals surface area contributed by atoms with Crippen LogP contribution in [0.1, 0.15) is 128 Å². The number of nitrogens with two attached hydrogens (primary N) is 1. The number of likely N-dealkylation sites (N-methyl/N-ethyl adjacent to an activating group) is 2. The molecule has 32 heteroatoms. The number of carbonyl (C=O) groups is 10. The number of rotatable bonds is 43. The van der Waals surface area contributed by atoms with Gasteiger partial charge >= 0.3 is 0 Å². The summed E-state index contributed by atoms with van der Waals surface area (Å²) in [5, 5.41) is 23.8. The number of hydrogen-bond donors (Lipinski definition) is 8. The first-order chi connectivity index (χ1) is 47.4. The van der Waals surface area contributed by atoms with E-state index in [9.17, 15) is 53.5 Å².